The fraction of sp³-hybridized carbons (Fsp3) is 0.571. The number of nitrogens with one attached hydrogen (secondary N) is 1. The third kappa shape index (κ3) is 4.57. The maximum absolute atomic E-state index is 12.4. The summed E-state index contributed by atoms with van der Waals surface area (Å²) < 4.78 is 27.5. The van der Waals surface area contributed by atoms with Gasteiger partial charge in [0, 0.05) is 18.1 Å². The average Bonchev–Trinajstić information content (AvgIpc) is 2.36. The molecular formula is C14H22Cl2N2O2S. The Bertz CT molecular complexity index is 614. The third-order valence-electron chi connectivity index (χ3n) is 3.89. The molecule has 0 unspecified atom stereocenters. The van der Waals surface area contributed by atoms with Crippen molar-refractivity contribution in [2.45, 2.75) is 39.1 Å². The Kier molecular flexibility index (Phi) is 6.09. The van der Waals surface area contributed by atoms with E-state index in [1.165, 1.54) is 12.1 Å². The Balaban J connectivity index is 3.09. The minimum Gasteiger partial charge on any atom is -0.326 e. The monoisotopic (exact) mass is 352 g/mol. The molecule has 0 saturated heterocycles. The first kappa shape index (κ1) is 18.7. The molecule has 3 N–H and O–H groups in total. The van der Waals surface area contributed by atoms with Crippen molar-refractivity contribution >= 4 is 33.2 Å². The summed E-state index contributed by atoms with van der Waals surface area (Å²) in [5.41, 5.74) is 5.93. The third-order valence-corrected chi connectivity index (χ3v) is 6.11. The van der Waals surface area contributed by atoms with Gasteiger partial charge in [0.1, 0.15) is 4.90 Å². The standard InChI is InChI=1S/C14H22Cl2N2O2S/c1-9(2)14(3,4)8-18-21(19,20)13-5-10(7-17)11(15)6-12(13)16/h5-6,9,18H,7-8,17H2,1-4H3. The molecule has 4 nitrogen and oxygen atoms in total. The molecule has 120 valence electrons. The lowest BCUT2D eigenvalue weighted by atomic mass is 9.81. The second kappa shape index (κ2) is 6.84. The van der Waals surface area contributed by atoms with Gasteiger partial charge in [-0.1, -0.05) is 50.9 Å². The minimum absolute atomic E-state index is 0.00794. The number of hydrogen-bond acceptors (Lipinski definition) is 3. The van der Waals surface area contributed by atoms with E-state index < -0.39 is 10.0 Å². The van der Waals surface area contributed by atoms with Gasteiger partial charge >= 0.3 is 0 Å². The lowest BCUT2D eigenvalue weighted by molar-refractivity contribution is 0.252. The van der Waals surface area contributed by atoms with E-state index in [-0.39, 0.29) is 21.9 Å². The molecule has 0 atom stereocenters. The van der Waals surface area contributed by atoms with Crippen LogP contribution in [0.4, 0.5) is 0 Å². The molecule has 0 aliphatic carbocycles. The zero-order chi connectivity index (χ0) is 16.4. The van der Waals surface area contributed by atoms with Crippen molar-refractivity contribution in [3.05, 3.63) is 27.7 Å². The summed E-state index contributed by atoms with van der Waals surface area (Å²) in [4.78, 5) is 0.00794. The van der Waals surface area contributed by atoms with Crippen LogP contribution >= 0.6 is 23.2 Å². The fourth-order valence-electron chi connectivity index (χ4n) is 1.50. The molecular weight excluding hydrogens is 331 g/mol. The fourth-order valence-corrected chi connectivity index (χ4v) is 3.59. The van der Waals surface area contributed by atoms with Gasteiger partial charge in [-0.15, -0.1) is 0 Å². The molecule has 0 heterocycles. The first-order chi connectivity index (χ1) is 9.51. The molecule has 0 fully saturated rings. The van der Waals surface area contributed by atoms with Crippen molar-refractivity contribution < 1.29 is 8.42 Å². The van der Waals surface area contributed by atoms with Crippen LogP contribution in [-0.4, -0.2) is 15.0 Å². The Hall–Kier alpha value is -0.330. The van der Waals surface area contributed by atoms with E-state index in [2.05, 4.69) is 18.6 Å². The smallest absolute Gasteiger partial charge is 0.242 e. The molecule has 0 spiro atoms. The number of sulfonamides is 1. The van der Waals surface area contributed by atoms with Crippen molar-refractivity contribution in [1.82, 2.24) is 4.72 Å². The van der Waals surface area contributed by atoms with Crippen molar-refractivity contribution in [3.63, 3.8) is 0 Å². The van der Waals surface area contributed by atoms with Crippen LogP contribution in [0.2, 0.25) is 10.0 Å². The second-order valence-electron chi connectivity index (χ2n) is 6.05. The van der Waals surface area contributed by atoms with Crippen molar-refractivity contribution in [1.29, 1.82) is 0 Å². The van der Waals surface area contributed by atoms with Crippen molar-refractivity contribution in [2.75, 3.05) is 6.54 Å². The average molecular weight is 353 g/mol. The Morgan fingerprint density at radius 1 is 1.24 bits per heavy atom. The summed E-state index contributed by atoms with van der Waals surface area (Å²) in [6.07, 6.45) is 0. The molecule has 1 aromatic carbocycles. The Labute approximate surface area is 137 Å². The number of benzene rings is 1. The lowest BCUT2D eigenvalue weighted by Crippen LogP contribution is -2.37. The van der Waals surface area contributed by atoms with Gasteiger partial charge in [0.2, 0.25) is 10.0 Å². The largest absolute Gasteiger partial charge is 0.326 e. The normalized spacial score (nSPS) is 13.0. The Morgan fingerprint density at radius 3 is 2.29 bits per heavy atom. The van der Waals surface area contributed by atoms with E-state index >= 15 is 0 Å². The summed E-state index contributed by atoms with van der Waals surface area (Å²) in [6.45, 7) is 8.59. The molecule has 0 aromatic heterocycles. The maximum Gasteiger partial charge on any atom is 0.242 e. The van der Waals surface area contributed by atoms with Gasteiger partial charge < -0.3 is 5.73 Å². The minimum atomic E-state index is -3.70. The van der Waals surface area contributed by atoms with E-state index in [0.29, 0.717) is 23.0 Å². The molecule has 0 aliphatic rings. The predicted molar refractivity (Wildman–Crippen MR) is 88.2 cm³/mol. The van der Waals surface area contributed by atoms with Crippen LogP contribution < -0.4 is 10.5 Å². The van der Waals surface area contributed by atoms with Crippen LogP contribution in [0.3, 0.4) is 0 Å². The number of rotatable bonds is 6. The molecule has 0 aliphatic heterocycles. The first-order valence-electron chi connectivity index (χ1n) is 6.69. The van der Waals surface area contributed by atoms with E-state index in [9.17, 15) is 8.42 Å². The number of halogens is 2. The van der Waals surface area contributed by atoms with Gasteiger partial charge in [-0.25, -0.2) is 13.1 Å². The van der Waals surface area contributed by atoms with Gasteiger partial charge in [0.15, 0.2) is 0 Å². The molecule has 7 heteroatoms. The molecule has 21 heavy (non-hydrogen) atoms. The summed E-state index contributed by atoms with van der Waals surface area (Å²) in [6, 6.07) is 2.84. The van der Waals surface area contributed by atoms with E-state index in [0.717, 1.165) is 0 Å². The van der Waals surface area contributed by atoms with Gasteiger partial charge in [0.25, 0.3) is 0 Å². The summed E-state index contributed by atoms with van der Waals surface area (Å²) in [7, 11) is -3.70. The van der Waals surface area contributed by atoms with Crippen molar-refractivity contribution in [3.8, 4) is 0 Å². The van der Waals surface area contributed by atoms with E-state index in [4.69, 9.17) is 28.9 Å². The van der Waals surface area contributed by atoms with Crippen LogP contribution in [0, 0.1) is 11.3 Å². The lowest BCUT2D eigenvalue weighted by Gasteiger charge is -2.29. The first-order valence-corrected chi connectivity index (χ1v) is 8.93. The second-order valence-corrected chi connectivity index (χ2v) is 8.60. The van der Waals surface area contributed by atoms with Gasteiger partial charge in [-0.2, -0.15) is 0 Å². The van der Waals surface area contributed by atoms with Crippen LogP contribution in [0.25, 0.3) is 0 Å². The molecule has 0 amide bonds. The molecule has 0 radical (unpaired) electrons. The summed E-state index contributed by atoms with van der Waals surface area (Å²) >= 11 is 12.0. The number of hydrogen-bond donors (Lipinski definition) is 2. The molecule has 0 saturated carbocycles. The van der Waals surface area contributed by atoms with Crippen LogP contribution in [0.5, 0.6) is 0 Å². The maximum atomic E-state index is 12.4. The highest BCUT2D eigenvalue weighted by Crippen LogP contribution is 2.30. The summed E-state index contributed by atoms with van der Waals surface area (Å²) in [5.74, 6) is 0.334. The van der Waals surface area contributed by atoms with Gasteiger partial charge in [0.05, 0.1) is 5.02 Å². The van der Waals surface area contributed by atoms with Gasteiger partial charge in [-0.05, 0) is 29.0 Å². The molecule has 1 rings (SSSR count). The molecule has 0 bridgehead atoms. The highest BCUT2D eigenvalue weighted by Gasteiger charge is 2.27. The van der Waals surface area contributed by atoms with E-state index in [1.54, 1.807) is 0 Å². The van der Waals surface area contributed by atoms with Crippen LogP contribution in [0.1, 0.15) is 33.3 Å². The highest BCUT2D eigenvalue weighted by atomic mass is 35.5. The zero-order valence-corrected chi connectivity index (χ0v) is 15.0. The van der Waals surface area contributed by atoms with E-state index in [1.807, 2.05) is 13.8 Å². The number of nitrogens with two attached hydrogens (primary N) is 1. The SMILES string of the molecule is CC(C)C(C)(C)CNS(=O)(=O)c1cc(CN)c(Cl)cc1Cl. The Morgan fingerprint density at radius 2 is 1.81 bits per heavy atom. The van der Waals surface area contributed by atoms with Crippen molar-refractivity contribution in [2.24, 2.45) is 17.1 Å². The van der Waals surface area contributed by atoms with Crippen LogP contribution in [-0.2, 0) is 16.6 Å². The summed E-state index contributed by atoms with van der Waals surface area (Å²) in [5, 5.41) is 0.455. The quantitative estimate of drug-likeness (QED) is 0.823. The highest BCUT2D eigenvalue weighted by molar-refractivity contribution is 7.89. The topological polar surface area (TPSA) is 72.2 Å². The molecule has 1 aromatic rings. The van der Waals surface area contributed by atoms with Gasteiger partial charge in [-0.3, -0.25) is 0 Å². The zero-order valence-electron chi connectivity index (χ0n) is 12.7. The predicted octanol–water partition coefficient (Wildman–Crippen LogP) is 3.41. The van der Waals surface area contributed by atoms with Crippen LogP contribution in [0.15, 0.2) is 17.0 Å².